The van der Waals surface area contributed by atoms with E-state index >= 15 is 0 Å². The van der Waals surface area contributed by atoms with Crippen LogP contribution in [0, 0.1) is 6.92 Å². The minimum atomic E-state index is -0.710. The largest absolute Gasteiger partial charge is 0.493 e. The standard InChI is InChI=1S/C24H23N3O3/c1-16-5-7-17(8-6-16)14-21(20-4-2-3-12-25-20)27-24(29)23(28)26-19-9-10-22-18(15-19)11-13-30-22/h2-10,12,15,21H,11,13-14H2,1H3,(H,26,28)(H,27,29). The minimum absolute atomic E-state index is 0.416. The monoisotopic (exact) mass is 401 g/mol. The highest BCUT2D eigenvalue weighted by Crippen LogP contribution is 2.27. The second-order valence-electron chi connectivity index (χ2n) is 7.35. The normalized spacial score (nSPS) is 13.1. The summed E-state index contributed by atoms with van der Waals surface area (Å²) in [6.07, 6.45) is 3.01. The number of carbonyl (C=O) groups excluding carboxylic acids is 2. The van der Waals surface area contributed by atoms with Crippen molar-refractivity contribution in [2.45, 2.75) is 25.8 Å². The van der Waals surface area contributed by atoms with Gasteiger partial charge in [0.1, 0.15) is 5.75 Å². The van der Waals surface area contributed by atoms with Gasteiger partial charge in [-0.25, -0.2) is 0 Å². The van der Waals surface area contributed by atoms with Crippen LogP contribution in [0.15, 0.2) is 66.9 Å². The molecule has 1 atom stereocenters. The number of nitrogens with zero attached hydrogens (tertiary/aromatic N) is 1. The molecule has 0 bridgehead atoms. The number of pyridine rings is 1. The first-order valence-corrected chi connectivity index (χ1v) is 9.92. The van der Waals surface area contributed by atoms with Gasteiger partial charge >= 0.3 is 11.8 Å². The van der Waals surface area contributed by atoms with Gasteiger partial charge in [0.25, 0.3) is 0 Å². The van der Waals surface area contributed by atoms with Crippen LogP contribution in [0.4, 0.5) is 5.69 Å². The molecule has 1 aliphatic heterocycles. The third-order valence-electron chi connectivity index (χ3n) is 5.06. The van der Waals surface area contributed by atoms with Crippen LogP contribution in [0.3, 0.4) is 0 Å². The second kappa shape index (κ2) is 8.78. The number of hydrogen-bond acceptors (Lipinski definition) is 4. The Kier molecular flexibility index (Phi) is 5.75. The van der Waals surface area contributed by atoms with Crippen LogP contribution in [0.1, 0.15) is 28.4 Å². The van der Waals surface area contributed by atoms with E-state index in [1.807, 2.05) is 61.5 Å². The lowest BCUT2D eigenvalue weighted by molar-refractivity contribution is -0.136. The fourth-order valence-electron chi connectivity index (χ4n) is 3.45. The van der Waals surface area contributed by atoms with E-state index in [1.165, 1.54) is 0 Å². The van der Waals surface area contributed by atoms with E-state index in [0.29, 0.717) is 24.4 Å². The number of fused-ring (bicyclic) bond motifs is 1. The number of nitrogens with one attached hydrogen (secondary N) is 2. The number of aryl methyl sites for hydroxylation is 1. The fourth-order valence-corrected chi connectivity index (χ4v) is 3.45. The number of ether oxygens (including phenoxy) is 1. The van der Waals surface area contributed by atoms with Gasteiger partial charge in [0.2, 0.25) is 0 Å². The van der Waals surface area contributed by atoms with Gasteiger partial charge in [-0.3, -0.25) is 14.6 Å². The molecule has 0 saturated carbocycles. The van der Waals surface area contributed by atoms with Gasteiger partial charge in [-0.2, -0.15) is 0 Å². The molecule has 1 aliphatic rings. The summed E-state index contributed by atoms with van der Waals surface area (Å²) in [4.78, 5) is 29.5. The summed E-state index contributed by atoms with van der Waals surface area (Å²) in [5.41, 5.74) is 4.52. The molecule has 2 heterocycles. The van der Waals surface area contributed by atoms with Gasteiger partial charge in [0.05, 0.1) is 18.3 Å². The maximum absolute atomic E-state index is 12.6. The van der Waals surface area contributed by atoms with E-state index in [4.69, 9.17) is 4.74 Å². The maximum atomic E-state index is 12.6. The van der Waals surface area contributed by atoms with E-state index in [-0.39, 0.29) is 0 Å². The molecule has 4 rings (SSSR count). The summed E-state index contributed by atoms with van der Waals surface area (Å²) in [6, 6.07) is 18.6. The third kappa shape index (κ3) is 4.66. The van der Waals surface area contributed by atoms with E-state index < -0.39 is 17.9 Å². The third-order valence-corrected chi connectivity index (χ3v) is 5.06. The summed E-state index contributed by atoms with van der Waals surface area (Å²) < 4.78 is 5.47. The Morgan fingerprint density at radius 2 is 1.90 bits per heavy atom. The van der Waals surface area contributed by atoms with Crippen molar-refractivity contribution in [2.24, 2.45) is 0 Å². The zero-order chi connectivity index (χ0) is 20.9. The van der Waals surface area contributed by atoms with Crippen LogP contribution >= 0.6 is 0 Å². The van der Waals surface area contributed by atoms with Crippen LogP contribution in [-0.2, 0) is 22.4 Å². The topological polar surface area (TPSA) is 80.3 Å². The molecular formula is C24H23N3O3. The molecule has 0 aliphatic carbocycles. The van der Waals surface area contributed by atoms with Crippen LogP contribution in [0.2, 0.25) is 0 Å². The van der Waals surface area contributed by atoms with Gasteiger partial charge in [0.15, 0.2) is 0 Å². The molecular weight excluding hydrogens is 378 g/mol. The molecule has 30 heavy (non-hydrogen) atoms. The van der Waals surface area contributed by atoms with Gasteiger partial charge < -0.3 is 15.4 Å². The molecule has 0 spiro atoms. The van der Waals surface area contributed by atoms with Crippen molar-refractivity contribution in [3.05, 3.63) is 89.2 Å². The number of benzene rings is 2. The zero-order valence-corrected chi connectivity index (χ0v) is 16.7. The lowest BCUT2D eigenvalue weighted by Gasteiger charge is -2.18. The van der Waals surface area contributed by atoms with Crippen molar-refractivity contribution in [2.75, 3.05) is 11.9 Å². The lowest BCUT2D eigenvalue weighted by Crippen LogP contribution is -2.38. The molecule has 1 unspecified atom stereocenters. The van der Waals surface area contributed by atoms with Gasteiger partial charge in [0, 0.05) is 18.3 Å². The van der Waals surface area contributed by atoms with Gasteiger partial charge in [-0.15, -0.1) is 0 Å². The predicted molar refractivity (Wildman–Crippen MR) is 114 cm³/mol. The predicted octanol–water partition coefficient (Wildman–Crippen LogP) is 3.36. The molecule has 0 saturated heterocycles. The summed E-state index contributed by atoms with van der Waals surface area (Å²) in [7, 11) is 0. The number of hydrogen-bond donors (Lipinski definition) is 2. The van der Waals surface area contributed by atoms with E-state index in [0.717, 1.165) is 28.9 Å². The second-order valence-corrected chi connectivity index (χ2v) is 7.35. The van der Waals surface area contributed by atoms with Crippen molar-refractivity contribution < 1.29 is 14.3 Å². The molecule has 2 N–H and O–H groups in total. The Morgan fingerprint density at radius 3 is 2.67 bits per heavy atom. The highest BCUT2D eigenvalue weighted by Gasteiger charge is 2.22. The molecule has 0 radical (unpaired) electrons. The first-order chi connectivity index (χ1) is 14.6. The average molecular weight is 401 g/mol. The number of amides is 2. The SMILES string of the molecule is Cc1ccc(CC(NC(=O)C(=O)Nc2ccc3c(c2)CCO3)c2ccccn2)cc1. The maximum Gasteiger partial charge on any atom is 0.313 e. The van der Waals surface area contributed by atoms with Crippen molar-refractivity contribution in [3.63, 3.8) is 0 Å². The Hall–Kier alpha value is -3.67. The van der Waals surface area contributed by atoms with E-state index in [9.17, 15) is 9.59 Å². The molecule has 6 nitrogen and oxygen atoms in total. The molecule has 2 amide bonds. The summed E-state index contributed by atoms with van der Waals surface area (Å²) in [6.45, 7) is 2.66. The van der Waals surface area contributed by atoms with Crippen molar-refractivity contribution >= 4 is 17.5 Å². The van der Waals surface area contributed by atoms with Gasteiger partial charge in [-0.1, -0.05) is 35.9 Å². The quantitative estimate of drug-likeness (QED) is 0.643. The lowest BCUT2D eigenvalue weighted by atomic mass is 10.0. The molecule has 0 fully saturated rings. The Bertz CT molecular complexity index is 1050. The number of carbonyl (C=O) groups is 2. The smallest absolute Gasteiger partial charge is 0.313 e. The van der Waals surface area contributed by atoms with Crippen LogP contribution in [0.25, 0.3) is 0 Å². The minimum Gasteiger partial charge on any atom is -0.493 e. The number of aromatic nitrogens is 1. The summed E-state index contributed by atoms with van der Waals surface area (Å²) >= 11 is 0. The first-order valence-electron chi connectivity index (χ1n) is 9.92. The highest BCUT2D eigenvalue weighted by molar-refractivity contribution is 6.39. The molecule has 2 aromatic carbocycles. The van der Waals surface area contributed by atoms with Crippen molar-refractivity contribution in [3.8, 4) is 5.75 Å². The fraction of sp³-hybridized carbons (Fsp3) is 0.208. The van der Waals surface area contributed by atoms with Crippen LogP contribution in [-0.4, -0.2) is 23.4 Å². The Balaban J connectivity index is 1.46. The van der Waals surface area contributed by atoms with E-state index in [1.54, 1.807) is 12.3 Å². The highest BCUT2D eigenvalue weighted by atomic mass is 16.5. The molecule has 152 valence electrons. The van der Waals surface area contributed by atoms with Gasteiger partial charge in [-0.05, 0) is 54.8 Å². The first kappa shape index (κ1) is 19.6. The van der Waals surface area contributed by atoms with Crippen molar-refractivity contribution in [1.29, 1.82) is 0 Å². The summed E-state index contributed by atoms with van der Waals surface area (Å²) in [5.74, 6) is -0.584. The number of rotatable bonds is 5. The molecule has 3 aromatic rings. The number of anilines is 1. The average Bonchev–Trinajstić information content (AvgIpc) is 3.23. The molecule has 1 aromatic heterocycles. The Morgan fingerprint density at radius 1 is 1.07 bits per heavy atom. The van der Waals surface area contributed by atoms with Crippen LogP contribution in [0.5, 0.6) is 5.75 Å². The van der Waals surface area contributed by atoms with Crippen molar-refractivity contribution in [1.82, 2.24) is 10.3 Å². The van der Waals surface area contributed by atoms with Crippen LogP contribution < -0.4 is 15.4 Å². The summed E-state index contributed by atoms with van der Waals surface area (Å²) in [5, 5.41) is 5.50. The molecule has 6 heteroatoms. The van der Waals surface area contributed by atoms with E-state index in [2.05, 4.69) is 15.6 Å². The zero-order valence-electron chi connectivity index (χ0n) is 16.7. The Labute approximate surface area is 175 Å².